The highest BCUT2D eigenvalue weighted by Crippen LogP contribution is 2.27. The quantitative estimate of drug-likeness (QED) is 0.360. The molecule has 0 aliphatic carbocycles. The predicted octanol–water partition coefficient (Wildman–Crippen LogP) is -0.394. The summed E-state index contributed by atoms with van der Waals surface area (Å²) in [6.45, 7) is 3.55. The summed E-state index contributed by atoms with van der Waals surface area (Å²) in [4.78, 5) is 0. The molecular weight excluding hydrogens is 227 g/mol. The van der Waals surface area contributed by atoms with Gasteiger partial charge in [-0.2, -0.15) is 0 Å². The normalized spacial score (nSPS) is 37.0. The summed E-state index contributed by atoms with van der Waals surface area (Å²) in [5, 5.41) is 0. The lowest BCUT2D eigenvalue weighted by atomic mass is 9.93. The van der Waals surface area contributed by atoms with Crippen LogP contribution in [0.1, 0.15) is 6.92 Å². The first-order chi connectivity index (χ1) is 8.33. The molecule has 2 fully saturated rings. The van der Waals surface area contributed by atoms with Crippen LogP contribution in [0, 0.1) is 0 Å². The van der Waals surface area contributed by atoms with E-state index >= 15 is 0 Å². The molecule has 2 saturated heterocycles. The summed E-state index contributed by atoms with van der Waals surface area (Å²) in [5.74, 6) is 0. The topological polar surface area (TPSA) is 55.4 Å². The third kappa shape index (κ3) is 3.40. The van der Waals surface area contributed by atoms with Crippen LogP contribution < -0.4 is 0 Å². The van der Waals surface area contributed by atoms with Crippen molar-refractivity contribution >= 4 is 7.85 Å². The van der Waals surface area contributed by atoms with Crippen LogP contribution in [0.4, 0.5) is 0 Å². The van der Waals surface area contributed by atoms with Gasteiger partial charge in [0.1, 0.15) is 46.5 Å². The minimum Gasteiger partial charge on any atom is -0.377 e. The molecule has 2 aliphatic rings. The van der Waals surface area contributed by atoms with E-state index < -0.39 is 6.00 Å². The first-order valence-electron chi connectivity index (χ1n) is 5.70. The Kier molecular flexibility index (Phi) is 5.21. The van der Waals surface area contributed by atoms with E-state index in [0.717, 1.165) is 0 Å². The van der Waals surface area contributed by atoms with E-state index in [4.69, 9.17) is 36.3 Å². The van der Waals surface area contributed by atoms with E-state index in [1.165, 1.54) is 0 Å². The van der Waals surface area contributed by atoms with Gasteiger partial charge in [0.2, 0.25) is 0 Å². The summed E-state index contributed by atoms with van der Waals surface area (Å²) in [6.07, 6.45) is -0.671. The van der Waals surface area contributed by atoms with Gasteiger partial charge in [0.15, 0.2) is 0 Å². The van der Waals surface area contributed by atoms with Crippen LogP contribution in [0.5, 0.6) is 0 Å². The fraction of sp³-hybridized carbons (Fsp3) is 1.00. The second kappa shape index (κ2) is 6.68. The van der Waals surface area contributed by atoms with Crippen molar-refractivity contribution in [1.82, 2.24) is 0 Å². The summed E-state index contributed by atoms with van der Waals surface area (Å²) >= 11 is 0. The largest absolute Gasteiger partial charge is 0.377 e. The number of ether oxygens (including phenoxy) is 6. The highest BCUT2D eigenvalue weighted by atomic mass is 16.8. The third-order valence-corrected chi connectivity index (χ3v) is 2.69. The van der Waals surface area contributed by atoms with Crippen LogP contribution in [0.25, 0.3) is 0 Å². The maximum absolute atomic E-state index is 5.81. The van der Waals surface area contributed by atoms with Gasteiger partial charge in [-0.1, -0.05) is 0 Å². The summed E-state index contributed by atoms with van der Waals surface area (Å²) < 4.78 is 31.7. The number of fused-ring (bicyclic) bond motifs is 1. The van der Waals surface area contributed by atoms with Crippen LogP contribution in [0.15, 0.2) is 0 Å². The molecule has 0 bridgehead atoms. The summed E-state index contributed by atoms with van der Waals surface area (Å²) in [5.41, 5.74) is 0. The fourth-order valence-corrected chi connectivity index (χ4v) is 1.88. The van der Waals surface area contributed by atoms with Crippen molar-refractivity contribution in [1.29, 1.82) is 0 Å². The fourth-order valence-electron chi connectivity index (χ4n) is 1.88. The van der Waals surface area contributed by atoms with E-state index in [1.54, 1.807) is 0 Å². The zero-order valence-corrected chi connectivity index (χ0v) is 9.87. The third-order valence-electron chi connectivity index (χ3n) is 2.69. The Bertz CT molecular complexity index is 229. The maximum atomic E-state index is 5.81. The van der Waals surface area contributed by atoms with Crippen LogP contribution in [-0.4, -0.2) is 65.8 Å². The Balaban J connectivity index is 1.71. The molecule has 2 rings (SSSR count). The Morgan fingerprint density at radius 1 is 1.29 bits per heavy atom. The van der Waals surface area contributed by atoms with E-state index in [0.29, 0.717) is 13.2 Å². The van der Waals surface area contributed by atoms with Gasteiger partial charge in [-0.25, -0.2) is 0 Å². The Morgan fingerprint density at radius 3 is 3.00 bits per heavy atom. The minimum atomic E-state index is -0.512. The van der Waals surface area contributed by atoms with Gasteiger partial charge in [0.05, 0.1) is 6.61 Å². The van der Waals surface area contributed by atoms with Crippen molar-refractivity contribution in [3.8, 4) is 0 Å². The van der Waals surface area contributed by atoms with Gasteiger partial charge in [0, 0.05) is 12.6 Å². The Hall–Kier alpha value is -0.175. The van der Waals surface area contributed by atoms with E-state index in [2.05, 4.69) is 0 Å². The summed E-state index contributed by atoms with van der Waals surface area (Å²) in [6, 6.07) is -0.512. The SMILES string of the molecule is [B][C@@H]1O[C@@H]2COCOC2[C@@H]1OCOCOCC. The molecule has 0 amide bonds. The van der Waals surface area contributed by atoms with Crippen LogP contribution >= 0.6 is 0 Å². The average Bonchev–Trinajstić information content (AvgIpc) is 2.65. The van der Waals surface area contributed by atoms with Crippen LogP contribution in [-0.2, 0) is 28.4 Å². The van der Waals surface area contributed by atoms with Crippen molar-refractivity contribution in [3.63, 3.8) is 0 Å². The van der Waals surface area contributed by atoms with E-state index in [-0.39, 0.29) is 38.7 Å². The molecule has 6 nitrogen and oxygen atoms in total. The zero-order valence-electron chi connectivity index (χ0n) is 9.87. The molecule has 2 heterocycles. The lowest BCUT2D eigenvalue weighted by molar-refractivity contribution is -0.208. The Morgan fingerprint density at radius 2 is 2.18 bits per heavy atom. The van der Waals surface area contributed by atoms with Gasteiger partial charge in [-0.05, 0) is 6.92 Å². The molecule has 2 radical (unpaired) electrons. The number of rotatable bonds is 6. The van der Waals surface area contributed by atoms with E-state index in [9.17, 15) is 0 Å². The van der Waals surface area contributed by atoms with Crippen molar-refractivity contribution < 1.29 is 28.4 Å². The minimum absolute atomic E-state index is 0.106. The number of hydrogen-bond acceptors (Lipinski definition) is 6. The number of hydrogen-bond donors (Lipinski definition) is 0. The highest BCUT2D eigenvalue weighted by molar-refractivity contribution is 6.11. The molecule has 4 atom stereocenters. The second-order valence-electron chi connectivity index (χ2n) is 3.82. The predicted molar refractivity (Wildman–Crippen MR) is 57.4 cm³/mol. The molecule has 1 unspecified atom stereocenters. The molecule has 0 aromatic carbocycles. The van der Waals surface area contributed by atoms with Gasteiger partial charge in [-0.3, -0.25) is 0 Å². The van der Waals surface area contributed by atoms with Crippen LogP contribution in [0.3, 0.4) is 0 Å². The van der Waals surface area contributed by atoms with Crippen LogP contribution in [0.2, 0.25) is 0 Å². The molecule has 0 saturated carbocycles. The van der Waals surface area contributed by atoms with Gasteiger partial charge in [-0.15, -0.1) is 0 Å². The van der Waals surface area contributed by atoms with Crippen molar-refractivity contribution in [2.75, 3.05) is 33.6 Å². The maximum Gasteiger partial charge on any atom is 0.150 e. The van der Waals surface area contributed by atoms with Gasteiger partial charge in [0.25, 0.3) is 0 Å². The van der Waals surface area contributed by atoms with Crippen molar-refractivity contribution in [3.05, 3.63) is 0 Å². The molecule has 0 N–H and O–H groups in total. The first kappa shape index (κ1) is 13.3. The average molecular weight is 244 g/mol. The molecule has 96 valence electrons. The molecule has 0 aromatic rings. The monoisotopic (exact) mass is 244 g/mol. The van der Waals surface area contributed by atoms with Crippen molar-refractivity contribution in [2.45, 2.75) is 31.2 Å². The first-order valence-corrected chi connectivity index (χ1v) is 5.70. The van der Waals surface area contributed by atoms with Gasteiger partial charge >= 0.3 is 0 Å². The van der Waals surface area contributed by atoms with Gasteiger partial charge < -0.3 is 28.4 Å². The molecule has 0 spiro atoms. The lowest BCUT2D eigenvalue weighted by Gasteiger charge is -2.27. The standard InChI is InChI=1S/C10H17BO6/c1-2-12-4-14-6-16-9-8-7(17-10(9)11)3-13-5-15-8/h7-10H,2-6H2,1H3/t7-,8?,9+,10-/m1/s1. The molecule has 2 aliphatic heterocycles. The lowest BCUT2D eigenvalue weighted by Crippen LogP contribution is -2.43. The molecule has 7 heteroatoms. The van der Waals surface area contributed by atoms with Crippen molar-refractivity contribution in [2.24, 2.45) is 0 Å². The molecule has 0 aromatic heterocycles. The zero-order chi connectivity index (χ0) is 12.1. The molecular formula is C10H17BO6. The molecule has 17 heavy (non-hydrogen) atoms. The van der Waals surface area contributed by atoms with E-state index in [1.807, 2.05) is 6.92 Å². The Labute approximate surface area is 102 Å². The second-order valence-corrected chi connectivity index (χ2v) is 3.82. The highest BCUT2D eigenvalue weighted by Gasteiger charge is 2.45. The summed E-state index contributed by atoms with van der Waals surface area (Å²) in [7, 11) is 5.81. The smallest absolute Gasteiger partial charge is 0.150 e.